The van der Waals surface area contributed by atoms with E-state index in [4.69, 9.17) is 5.73 Å². The average molecular weight is 348 g/mol. The first kappa shape index (κ1) is 16.5. The number of aryl methyl sites for hydroxylation is 1. The predicted molar refractivity (Wildman–Crippen MR) is 83.8 cm³/mol. The summed E-state index contributed by atoms with van der Waals surface area (Å²) < 4.78 is 0.982. The minimum Gasteiger partial charge on any atom is -0.338 e. The molecule has 3 nitrogen and oxygen atoms in total. The Morgan fingerprint density at radius 1 is 1.47 bits per heavy atom. The Morgan fingerprint density at radius 2 is 2.16 bits per heavy atom. The monoisotopic (exact) mass is 346 g/mol. The maximum atomic E-state index is 12.4. The lowest BCUT2D eigenvalue weighted by Crippen LogP contribution is -2.48. The second-order valence-corrected chi connectivity index (χ2v) is 6.00. The van der Waals surface area contributed by atoms with Crippen LogP contribution in [0.4, 0.5) is 0 Å². The van der Waals surface area contributed by atoms with Crippen molar-refractivity contribution in [3.63, 3.8) is 0 Å². The van der Waals surface area contributed by atoms with Crippen molar-refractivity contribution in [2.45, 2.75) is 26.3 Å². The molecule has 1 aliphatic rings. The Kier molecular flexibility index (Phi) is 5.83. The molecule has 1 aliphatic heterocycles. The third-order valence-electron chi connectivity index (χ3n) is 3.68. The van der Waals surface area contributed by atoms with E-state index in [2.05, 4.69) is 22.9 Å². The molecule has 2 N–H and O–H groups in total. The van der Waals surface area contributed by atoms with Crippen molar-refractivity contribution in [1.82, 2.24) is 4.90 Å². The molecule has 2 atom stereocenters. The van der Waals surface area contributed by atoms with Crippen molar-refractivity contribution in [2.24, 2.45) is 11.7 Å². The van der Waals surface area contributed by atoms with Gasteiger partial charge in [-0.2, -0.15) is 0 Å². The van der Waals surface area contributed by atoms with Crippen molar-refractivity contribution >= 4 is 34.2 Å². The summed E-state index contributed by atoms with van der Waals surface area (Å²) in [5, 5.41) is 0. The van der Waals surface area contributed by atoms with Crippen LogP contribution in [0, 0.1) is 12.8 Å². The van der Waals surface area contributed by atoms with Gasteiger partial charge in [0.25, 0.3) is 5.91 Å². The van der Waals surface area contributed by atoms with Gasteiger partial charge in [-0.3, -0.25) is 4.79 Å². The molecule has 2 unspecified atom stereocenters. The Labute approximate surface area is 129 Å². The van der Waals surface area contributed by atoms with Crippen LogP contribution in [-0.2, 0) is 0 Å². The van der Waals surface area contributed by atoms with E-state index in [0.717, 1.165) is 35.1 Å². The molecule has 0 saturated carbocycles. The maximum Gasteiger partial charge on any atom is 0.253 e. The van der Waals surface area contributed by atoms with Gasteiger partial charge in [-0.15, -0.1) is 12.4 Å². The topological polar surface area (TPSA) is 46.3 Å². The molecule has 106 valence electrons. The molecule has 0 aliphatic carbocycles. The number of likely N-dealkylation sites (tertiary alicyclic amines) is 1. The van der Waals surface area contributed by atoms with Gasteiger partial charge in [-0.05, 0) is 37.0 Å². The quantitative estimate of drug-likeness (QED) is 0.849. The van der Waals surface area contributed by atoms with Gasteiger partial charge in [0.2, 0.25) is 0 Å². The highest BCUT2D eigenvalue weighted by atomic mass is 79.9. The normalized spacial score (nSPS) is 22.8. The molecule has 2 rings (SSSR count). The van der Waals surface area contributed by atoms with E-state index >= 15 is 0 Å². The van der Waals surface area contributed by atoms with Gasteiger partial charge in [0.15, 0.2) is 0 Å². The summed E-state index contributed by atoms with van der Waals surface area (Å²) in [5.74, 6) is 0.478. The first-order valence-electron chi connectivity index (χ1n) is 6.30. The summed E-state index contributed by atoms with van der Waals surface area (Å²) >= 11 is 3.47. The number of benzene rings is 1. The number of carbonyl (C=O) groups is 1. The number of hydrogen-bond acceptors (Lipinski definition) is 2. The second kappa shape index (κ2) is 6.73. The minimum absolute atomic E-state index is 0. The molecule has 1 saturated heterocycles. The molecule has 1 fully saturated rings. The van der Waals surface area contributed by atoms with Crippen LogP contribution in [-0.4, -0.2) is 29.9 Å². The van der Waals surface area contributed by atoms with Gasteiger partial charge in [0.05, 0.1) is 0 Å². The molecule has 0 radical (unpaired) electrons. The number of amides is 1. The van der Waals surface area contributed by atoms with Gasteiger partial charge >= 0.3 is 0 Å². The average Bonchev–Trinajstić information content (AvgIpc) is 2.35. The zero-order valence-electron chi connectivity index (χ0n) is 11.2. The highest BCUT2D eigenvalue weighted by Gasteiger charge is 2.26. The summed E-state index contributed by atoms with van der Waals surface area (Å²) in [6.07, 6.45) is 0.889. The number of hydrogen-bond donors (Lipinski definition) is 1. The fraction of sp³-hybridized carbons (Fsp3) is 0.500. The molecule has 0 spiro atoms. The lowest BCUT2D eigenvalue weighted by Gasteiger charge is -2.35. The zero-order chi connectivity index (χ0) is 13.3. The van der Waals surface area contributed by atoms with Gasteiger partial charge in [-0.25, -0.2) is 0 Å². The molecule has 5 heteroatoms. The van der Waals surface area contributed by atoms with Crippen molar-refractivity contribution in [2.75, 3.05) is 13.1 Å². The van der Waals surface area contributed by atoms with Crippen LogP contribution in [0.15, 0.2) is 22.7 Å². The standard InChI is InChI=1S/C14H19BrN2O.ClH/c1-9-3-4-11(7-12(9)15)14(18)17-6-5-13(16)10(2)8-17;/h3-4,7,10,13H,5-6,8,16H2,1-2H3;1H. The van der Waals surface area contributed by atoms with Gasteiger partial charge in [0, 0.05) is 29.2 Å². The van der Waals surface area contributed by atoms with E-state index in [1.807, 2.05) is 30.0 Å². The van der Waals surface area contributed by atoms with Crippen molar-refractivity contribution in [1.29, 1.82) is 0 Å². The molecule has 19 heavy (non-hydrogen) atoms. The molecule has 1 aromatic rings. The van der Waals surface area contributed by atoms with Crippen molar-refractivity contribution in [3.8, 4) is 0 Å². The fourth-order valence-electron chi connectivity index (χ4n) is 2.26. The van der Waals surface area contributed by atoms with Crippen LogP contribution in [0.1, 0.15) is 29.3 Å². The summed E-state index contributed by atoms with van der Waals surface area (Å²) in [5.41, 5.74) is 7.86. The van der Waals surface area contributed by atoms with Gasteiger partial charge in [0.1, 0.15) is 0 Å². The van der Waals surface area contributed by atoms with E-state index in [1.54, 1.807) is 0 Å². The summed E-state index contributed by atoms with van der Waals surface area (Å²) in [6.45, 7) is 5.64. The third kappa shape index (κ3) is 3.71. The molecule has 0 bridgehead atoms. The number of rotatable bonds is 1. The first-order valence-corrected chi connectivity index (χ1v) is 7.09. The van der Waals surface area contributed by atoms with Crippen LogP contribution in [0.5, 0.6) is 0 Å². The molecular formula is C14H20BrClN2O. The predicted octanol–water partition coefficient (Wildman–Crippen LogP) is 2.99. The Bertz CT molecular complexity index is 467. The van der Waals surface area contributed by atoms with Crippen LogP contribution in [0.2, 0.25) is 0 Å². The van der Waals surface area contributed by atoms with Gasteiger partial charge in [-0.1, -0.05) is 28.9 Å². The lowest BCUT2D eigenvalue weighted by molar-refractivity contribution is 0.0664. The van der Waals surface area contributed by atoms with Crippen LogP contribution in [0.3, 0.4) is 0 Å². The second-order valence-electron chi connectivity index (χ2n) is 5.14. The summed E-state index contributed by atoms with van der Waals surface area (Å²) in [6, 6.07) is 5.98. The van der Waals surface area contributed by atoms with Crippen LogP contribution in [0.25, 0.3) is 0 Å². The van der Waals surface area contributed by atoms with Crippen LogP contribution >= 0.6 is 28.3 Å². The van der Waals surface area contributed by atoms with Crippen molar-refractivity contribution in [3.05, 3.63) is 33.8 Å². The summed E-state index contributed by atoms with van der Waals surface area (Å²) in [7, 11) is 0. The highest BCUT2D eigenvalue weighted by molar-refractivity contribution is 9.10. The van der Waals surface area contributed by atoms with Crippen LogP contribution < -0.4 is 5.73 Å². The molecule has 1 aromatic carbocycles. The van der Waals surface area contributed by atoms with Crippen molar-refractivity contribution < 1.29 is 4.79 Å². The number of nitrogens with zero attached hydrogens (tertiary/aromatic N) is 1. The lowest BCUT2D eigenvalue weighted by atomic mass is 9.94. The largest absolute Gasteiger partial charge is 0.338 e. The number of carbonyl (C=O) groups excluding carboxylic acids is 1. The Balaban J connectivity index is 0.00000180. The van der Waals surface area contributed by atoms with E-state index in [-0.39, 0.29) is 24.4 Å². The smallest absolute Gasteiger partial charge is 0.253 e. The first-order chi connectivity index (χ1) is 8.49. The molecular weight excluding hydrogens is 328 g/mol. The zero-order valence-corrected chi connectivity index (χ0v) is 13.6. The Hall–Kier alpha value is -0.580. The number of halogens is 2. The van der Waals surface area contributed by atoms with Gasteiger partial charge < -0.3 is 10.6 Å². The van der Waals surface area contributed by atoms with E-state index in [1.165, 1.54) is 0 Å². The molecule has 0 aromatic heterocycles. The Morgan fingerprint density at radius 3 is 2.74 bits per heavy atom. The number of nitrogens with two attached hydrogens (primary N) is 1. The fourth-order valence-corrected chi connectivity index (χ4v) is 2.64. The minimum atomic E-state index is 0. The van der Waals surface area contributed by atoms with E-state index < -0.39 is 0 Å². The number of piperidine rings is 1. The molecule has 1 heterocycles. The highest BCUT2D eigenvalue weighted by Crippen LogP contribution is 2.21. The maximum absolute atomic E-state index is 12.4. The molecule has 1 amide bonds. The van der Waals surface area contributed by atoms with E-state index in [9.17, 15) is 4.79 Å². The summed E-state index contributed by atoms with van der Waals surface area (Å²) in [4.78, 5) is 14.3. The SMILES string of the molecule is Cc1ccc(C(=O)N2CCC(N)C(C)C2)cc1Br.Cl. The third-order valence-corrected chi connectivity index (χ3v) is 4.53. The van der Waals surface area contributed by atoms with E-state index in [0.29, 0.717) is 5.92 Å².